The van der Waals surface area contributed by atoms with E-state index < -0.39 is 0 Å². The van der Waals surface area contributed by atoms with Gasteiger partial charge in [-0.2, -0.15) is 0 Å². The van der Waals surface area contributed by atoms with Crippen LogP contribution in [0.3, 0.4) is 0 Å². The summed E-state index contributed by atoms with van der Waals surface area (Å²) in [7, 11) is 0. The maximum Gasteiger partial charge on any atom is 0.127 e. The Balaban J connectivity index is 2.03. The van der Waals surface area contributed by atoms with Gasteiger partial charge in [-0.3, -0.25) is 0 Å². The number of nitrogens with two attached hydrogens (primary N) is 1. The molecule has 0 amide bonds. The minimum atomic E-state index is -0.107. The highest BCUT2D eigenvalue weighted by Gasteiger charge is 2.20. The molecule has 2 nitrogen and oxygen atoms in total. The molecule has 0 bridgehead atoms. The van der Waals surface area contributed by atoms with Crippen molar-refractivity contribution in [2.24, 2.45) is 5.73 Å². The van der Waals surface area contributed by atoms with Gasteiger partial charge in [0.05, 0.1) is 12.6 Å². The third kappa shape index (κ3) is 1.81. The fourth-order valence-corrected chi connectivity index (χ4v) is 2.33. The van der Waals surface area contributed by atoms with Crippen LogP contribution < -0.4 is 10.5 Å². The molecule has 86 valence electrons. The van der Waals surface area contributed by atoms with Crippen LogP contribution in [-0.2, 0) is 6.42 Å². The van der Waals surface area contributed by atoms with Crippen molar-refractivity contribution in [3.63, 3.8) is 0 Å². The van der Waals surface area contributed by atoms with Gasteiger partial charge in [-0.25, -0.2) is 0 Å². The first-order chi connectivity index (χ1) is 8.36. The quantitative estimate of drug-likeness (QED) is 0.852. The van der Waals surface area contributed by atoms with Crippen LogP contribution in [0, 0.1) is 0 Å². The van der Waals surface area contributed by atoms with Crippen LogP contribution in [0.15, 0.2) is 48.5 Å². The molecule has 0 saturated carbocycles. The first-order valence-electron chi connectivity index (χ1n) is 5.91. The lowest BCUT2D eigenvalue weighted by Gasteiger charge is -2.15. The van der Waals surface area contributed by atoms with Crippen molar-refractivity contribution in [1.29, 1.82) is 0 Å². The van der Waals surface area contributed by atoms with Gasteiger partial charge in [-0.05, 0) is 11.1 Å². The van der Waals surface area contributed by atoms with Crippen LogP contribution in [0.5, 0.6) is 5.75 Å². The molecule has 0 spiro atoms. The highest BCUT2D eigenvalue weighted by atomic mass is 16.5. The maximum absolute atomic E-state index is 6.31. The minimum absolute atomic E-state index is 0.107. The molecular formula is C15H15NO. The molecule has 0 saturated heterocycles. The van der Waals surface area contributed by atoms with E-state index in [4.69, 9.17) is 10.5 Å². The van der Waals surface area contributed by atoms with E-state index in [0.29, 0.717) is 0 Å². The molecule has 17 heavy (non-hydrogen) atoms. The van der Waals surface area contributed by atoms with Crippen molar-refractivity contribution < 1.29 is 4.74 Å². The molecule has 1 unspecified atom stereocenters. The molecule has 1 atom stereocenters. The molecule has 0 aromatic heterocycles. The van der Waals surface area contributed by atoms with E-state index in [1.165, 1.54) is 5.56 Å². The normalized spacial score (nSPS) is 15.1. The minimum Gasteiger partial charge on any atom is -0.493 e. The standard InChI is InChI=1S/C15H15NO/c16-14(11-5-2-1-3-6-11)13-8-4-7-12-9-10-17-15(12)13/h1-8,14H,9-10,16H2. The lowest BCUT2D eigenvalue weighted by molar-refractivity contribution is 0.352. The fourth-order valence-electron chi connectivity index (χ4n) is 2.33. The maximum atomic E-state index is 6.31. The molecule has 0 aliphatic carbocycles. The van der Waals surface area contributed by atoms with Crippen LogP contribution in [0.25, 0.3) is 0 Å². The second kappa shape index (κ2) is 4.22. The molecule has 1 aliphatic heterocycles. The zero-order valence-electron chi connectivity index (χ0n) is 9.60. The largest absolute Gasteiger partial charge is 0.493 e. The molecule has 1 heterocycles. The van der Waals surface area contributed by atoms with E-state index >= 15 is 0 Å². The van der Waals surface area contributed by atoms with E-state index in [2.05, 4.69) is 30.3 Å². The van der Waals surface area contributed by atoms with E-state index in [0.717, 1.165) is 29.9 Å². The predicted molar refractivity (Wildman–Crippen MR) is 68.1 cm³/mol. The number of hydrogen-bond donors (Lipinski definition) is 1. The second-order valence-electron chi connectivity index (χ2n) is 4.32. The highest BCUT2D eigenvalue weighted by Crippen LogP contribution is 2.34. The van der Waals surface area contributed by atoms with Gasteiger partial charge in [-0.15, -0.1) is 0 Å². The zero-order valence-corrected chi connectivity index (χ0v) is 9.60. The second-order valence-corrected chi connectivity index (χ2v) is 4.32. The number of benzene rings is 2. The predicted octanol–water partition coefficient (Wildman–Crippen LogP) is 2.67. The average molecular weight is 225 g/mol. The Bertz CT molecular complexity index is 522. The number of hydrogen-bond acceptors (Lipinski definition) is 2. The lowest BCUT2D eigenvalue weighted by atomic mass is 9.97. The van der Waals surface area contributed by atoms with Gasteiger partial charge in [0.15, 0.2) is 0 Å². The van der Waals surface area contributed by atoms with Crippen molar-refractivity contribution in [2.75, 3.05) is 6.61 Å². The molecule has 3 rings (SSSR count). The molecule has 2 aromatic rings. The van der Waals surface area contributed by atoms with Crippen LogP contribution in [0.2, 0.25) is 0 Å². The monoisotopic (exact) mass is 225 g/mol. The summed E-state index contributed by atoms with van der Waals surface area (Å²) in [5.41, 5.74) is 9.79. The van der Waals surface area contributed by atoms with Crippen molar-refractivity contribution >= 4 is 0 Å². The highest BCUT2D eigenvalue weighted by molar-refractivity contribution is 5.48. The Morgan fingerprint density at radius 2 is 1.82 bits per heavy atom. The van der Waals surface area contributed by atoms with Crippen molar-refractivity contribution in [3.8, 4) is 5.75 Å². The van der Waals surface area contributed by atoms with E-state index in [1.54, 1.807) is 0 Å². The third-order valence-corrected chi connectivity index (χ3v) is 3.24. The molecular weight excluding hydrogens is 210 g/mol. The van der Waals surface area contributed by atoms with Crippen molar-refractivity contribution in [1.82, 2.24) is 0 Å². The van der Waals surface area contributed by atoms with Crippen molar-refractivity contribution in [2.45, 2.75) is 12.5 Å². The van der Waals surface area contributed by atoms with Gasteiger partial charge in [0, 0.05) is 12.0 Å². The molecule has 0 radical (unpaired) electrons. The fraction of sp³-hybridized carbons (Fsp3) is 0.200. The molecule has 2 heteroatoms. The van der Waals surface area contributed by atoms with Crippen molar-refractivity contribution in [3.05, 3.63) is 65.2 Å². The molecule has 1 aliphatic rings. The smallest absolute Gasteiger partial charge is 0.127 e. The average Bonchev–Trinajstić information content (AvgIpc) is 2.87. The topological polar surface area (TPSA) is 35.2 Å². The van der Waals surface area contributed by atoms with Gasteiger partial charge in [0.2, 0.25) is 0 Å². The Kier molecular flexibility index (Phi) is 2.57. The Hall–Kier alpha value is -1.80. The number of fused-ring (bicyclic) bond motifs is 1. The first-order valence-corrected chi connectivity index (χ1v) is 5.91. The number of rotatable bonds is 2. The summed E-state index contributed by atoms with van der Waals surface area (Å²) < 4.78 is 5.69. The Labute approximate surface area is 101 Å². The first kappa shape index (κ1) is 10.4. The summed E-state index contributed by atoms with van der Waals surface area (Å²) in [6.07, 6.45) is 0.991. The van der Waals surface area contributed by atoms with Gasteiger partial charge in [0.1, 0.15) is 5.75 Å². The van der Waals surface area contributed by atoms with Crippen LogP contribution in [0.1, 0.15) is 22.7 Å². The summed E-state index contributed by atoms with van der Waals surface area (Å²) in [6.45, 7) is 0.772. The van der Waals surface area contributed by atoms with E-state index in [-0.39, 0.29) is 6.04 Å². The van der Waals surface area contributed by atoms with Gasteiger partial charge >= 0.3 is 0 Å². The lowest BCUT2D eigenvalue weighted by Crippen LogP contribution is -2.12. The summed E-state index contributed by atoms with van der Waals surface area (Å²) in [5.74, 6) is 0.990. The summed E-state index contributed by atoms with van der Waals surface area (Å²) in [6, 6.07) is 16.3. The molecule has 0 fully saturated rings. The summed E-state index contributed by atoms with van der Waals surface area (Å²) in [5, 5.41) is 0. The van der Waals surface area contributed by atoms with Gasteiger partial charge in [-0.1, -0.05) is 48.5 Å². The van der Waals surface area contributed by atoms with Gasteiger partial charge in [0.25, 0.3) is 0 Å². The molecule has 2 aromatic carbocycles. The van der Waals surface area contributed by atoms with Crippen LogP contribution >= 0.6 is 0 Å². The molecule has 2 N–H and O–H groups in total. The summed E-state index contributed by atoms with van der Waals surface area (Å²) >= 11 is 0. The SMILES string of the molecule is NC(c1ccccc1)c1cccc2c1OCC2. The number of para-hydroxylation sites is 1. The van der Waals surface area contributed by atoms with Crippen LogP contribution in [-0.4, -0.2) is 6.61 Å². The number of ether oxygens (including phenoxy) is 1. The summed E-state index contributed by atoms with van der Waals surface area (Å²) in [4.78, 5) is 0. The zero-order chi connectivity index (χ0) is 11.7. The van der Waals surface area contributed by atoms with Crippen LogP contribution in [0.4, 0.5) is 0 Å². The Morgan fingerprint density at radius 3 is 2.65 bits per heavy atom. The third-order valence-electron chi connectivity index (χ3n) is 3.24. The Morgan fingerprint density at radius 1 is 1.00 bits per heavy atom. The van der Waals surface area contributed by atoms with E-state index in [1.807, 2.05) is 18.2 Å². The van der Waals surface area contributed by atoms with E-state index in [9.17, 15) is 0 Å². The van der Waals surface area contributed by atoms with Gasteiger partial charge < -0.3 is 10.5 Å².